The molecule has 1 saturated carbocycles. The van der Waals surface area contributed by atoms with E-state index in [9.17, 15) is 14.7 Å². The number of hydrogen-bond donors (Lipinski definition) is 2. The van der Waals surface area contributed by atoms with Crippen LogP contribution in [0.3, 0.4) is 0 Å². The van der Waals surface area contributed by atoms with Gasteiger partial charge in [0.05, 0.1) is 24.6 Å². The highest BCUT2D eigenvalue weighted by Gasteiger charge is 2.26. The van der Waals surface area contributed by atoms with E-state index in [1.807, 2.05) is 26.0 Å². The first-order valence-corrected chi connectivity index (χ1v) is 15.0. The van der Waals surface area contributed by atoms with E-state index in [1.54, 1.807) is 12.5 Å². The molecule has 0 saturated heterocycles. The van der Waals surface area contributed by atoms with Gasteiger partial charge in [0.15, 0.2) is 0 Å². The molecule has 220 valence electrons. The summed E-state index contributed by atoms with van der Waals surface area (Å²) in [5.41, 5.74) is 6.20. The minimum absolute atomic E-state index is 0.0344. The van der Waals surface area contributed by atoms with Crippen LogP contribution in [0.2, 0.25) is 0 Å². The first-order valence-electron chi connectivity index (χ1n) is 15.0. The zero-order valence-corrected chi connectivity index (χ0v) is 25.4. The summed E-state index contributed by atoms with van der Waals surface area (Å²) in [6, 6.07) is 16.9. The van der Waals surface area contributed by atoms with Crippen LogP contribution >= 0.6 is 0 Å². The van der Waals surface area contributed by atoms with Crippen molar-refractivity contribution in [2.45, 2.75) is 78.6 Å². The van der Waals surface area contributed by atoms with Crippen molar-refractivity contribution in [3.63, 3.8) is 0 Å². The average Bonchev–Trinajstić information content (AvgIpc) is 3.65. The van der Waals surface area contributed by atoms with Gasteiger partial charge in [-0.05, 0) is 62.9 Å². The van der Waals surface area contributed by atoms with Crippen molar-refractivity contribution in [2.24, 2.45) is 11.3 Å². The first-order chi connectivity index (χ1) is 19.9. The topological polar surface area (TPSA) is 92.4 Å². The van der Waals surface area contributed by atoms with Crippen molar-refractivity contribution in [3.8, 4) is 22.3 Å². The summed E-state index contributed by atoms with van der Waals surface area (Å²) in [5, 5.41) is 14.3. The van der Waals surface area contributed by atoms with Gasteiger partial charge >= 0.3 is 5.97 Å². The number of amides is 1. The standard InChI is InChI=1S/C36H42N2O4/c1-35(2,3)26-12-10-24(11-13-26)28-15-14-27(25-16-17-42-21-25)29-19-31(34(41)37-22-36(4,5)20-32(39)40)38-30(33(28)29)18-23-8-6-7-9-23/h10-17,19,21,23H,6-9,18,20,22H2,1-5H3,(H,37,41)(H,39,40). The number of aromatic nitrogens is 1. The zero-order chi connectivity index (χ0) is 30.1. The number of furan rings is 1. The fourth-order valence-electron chi connectivity index (χ4n) is 6.14. The molecule has 0 radical (unpaired) electrons. The van der Waals surface area contributed by atoms with Crippen LogP contribution in [0.4, 0.5) is 0 Å². The molecule has 0 aliphatic heterocycles. The molecule has 1 fully saturated rings. The van der Waals surface area contributed by atoms with Gasteiger partial charge in [-0.1, -0.05) is 96.7 Å². The van der Waals surface area contributed by atoms with Crippen molar-refractivity contribution in [2.75, 3.05) is 6.54 Å². The molecule has 1 aliphatic rings. The fraction of sp³-hybridized carbons (Fsp3) is 0.417. The van der Waals surface area contributed by atoms with E-state index in [0.29, 0.717) is 11.6 Å². The Morgan fingerprint density at radius 3 is 2.26 bits per heavy atom. The van der Waals surface area contributed by atoms with Crippen LogP contribution < -0.4 is 5.32 Å². The minimum Gasteiger partial charge on any atom is -0.481 e. The number of nitrogens with zero attached hydrogens (tertiary/aromatic N) is 1. The molecule has 1 amide bonds. The predicted molar refractivity (Wildman–Crippen MR) is 168 cm³/mol. The van der Waals surface area contributed by atoms with Gasteiger partial charge in [-0.2, -0.15) is 0 Å². The predicted octanol–water partition coefficient (Wildman–Crippen LogP) is 8.42. The molecule has 2 aromatic carbocycles. The lowest BCUT2D eigenvalue weighted by atomic mass is 9.85. The Labute approximate surface area is 248 Å². The van der Waals surface area contributed by atoms with Gasteiger partial charge in [0.25, 0.3) is 5.91 Å². The maximum Gasteiger partial charge on any atom is 0.303 e. The molecule has 6 heteroatoms. The van der Waals surface area contributed by atoms with E-state index in [2.05, 4.69) is 62.5 Å². The molecule has 0 unspecified atom stereocenters. The van der Waals surface area contributed by atoms with E-state index in [0.717, 1.165) is 45.1 Å². The van der Waals surface area contributed by atoms with Gasteiger partial charge < -0.3 is 14.8 Å². The summed E-state index contributed by atoms with van der Waals surface area (Å²) >= 11 is 0. The lowest BCUT2D eigenvalue weighted by molar-refractivity contribution is -0.139. The molecule has 5 rings (SSSR count). The van der Waals surface area contributed by atoms with Gasteiger partial charge in [-0.25, -0.2) is 4.98 Å². The molecular formula is C36H42N2O4. The summed E-state index contributed by atoms with van der Waals surface area (Å²) < 4.78 is 5.46. The molecule has 0 bridgehead atoms. The van der Waals surface area contributed by atoms with Crippen molar-refractivity contribution < 1.29 is 19.1 Å². The number of carbonyl (C=O) groups excluding carboxylic acids is 1. The van der Waals surface area contributed by atoms with Gasteiger partial charge in [0, 0.05) is 17.5 Å². The zero-order valence-electron chi connectivity index (χ0n) is 25.4. The molecule has 0 spiro atoms. The summed E-state index contributed by atoms with van der Waals surface area (Å²) in [6.07, 6.45) is 8.96. The van der Waals surface area contributed by atoms with Crippen LogP contribution in [0.1, 0.15) is 88.5 Å². The van der Waals surface area contributed by atoms with Gasteiger partial charge in [-0.15, -0.1) is 0 Å². The summed E-state index contributed by atoms with van der Waals surface area (Å²) in [4.78, 5) is 29.9. The Morgan fingerprint density at radius 2 is 1.64 bits per heavy atom. The van der Waals surface area contributed by atoms with Crippen LogP contribution in [-0.4, -0.2) is 28.5 Å². The molecule has 42 heavy (non-hydrogen) atoms. The number of hydrogen-bond acceptors (Lipinski definition) is 4. The number of carboxylic acid groups (broad SMARTS) is 1. The maximum atomic E-state index is 13.6. The Kier molecular flexibility index (Phi) is 8.27. The van der Waals surface area contributed by atoms with Gasteiger partial charge in [0.2, 0.25) is 0 Å². The maximum absolute atomic E-state index is 13.6. The lowest BCUT2D eigenvalue weighted by Crippen LogP contribution is -2.35. The van der Waals surface area contributed by atoms with Gasteiger partial charge in [-0.3, -0.25) is 9.59 Å². The van der Waals surface area contributed by atoms with E-state index >= 15 is 0 Å². The second-order valence-electron chi connectivity index (χ2n) is 13.6. The number of fused-ring (bicyclic) bond motifs is 1. The van der Waals surface area contributed by atoms with Crippen LogP contribution in [-0.2, 0) is 16.6 Å². The third kappa shape index (κ3) is 6.59. The number of pyridine rings is 1. The molecule has 0 atom stereocenters. The van der Waals surface area contributed by atoms with E-state index in [1.165, 1.54) is 31.2 Å². The normalized spacial score (nSPS) is 14.4. The van der Waals surface area contributed by atoms with Crippen LogP contribution in [0.15, 0.2) is 65.5 Å². The SMILES string of the molecule is CC(C)(CNC(=O)c1cc2c(-c3ccoc3)ccc(-c3ccc(C(C)(C)C)cc3)c2c(CC2CCCC2)n1)CC(=O)O. The summed E-state index contributed by atoms with van der Waals surface area (Å²) in [5.74, 6) is -0.645. The molecule has 6 nitrogen and oxygen atoms in total. The summed E-state index contributed by atoms with van der Waals surface area (Å²) in [6.45, 7) is 10.6. The average molecular weight is 567 g/mol. The van der Waals surface area contributed by atoms with Crippen molar-refractivity contribution in [3.05, 3.63) is 78.0 Å². The number of carbonyl (C=O) groups is 2. The minimum atomic E-state index is -0.884. The van der Waals surface area contributed by atoms with E-state index in [-0.39, 0.29) is 24.3 Å². The number of nitrogens with one attached hydrogen (secondary N) is 1. The van der Waals surface area contributed by atoms with Crippen LogP contribution in [0.25, 0.3) is 33.0 Å². The number of carboxylic acids is 1. The Hall–Kier alpha value is -3.93. The van der Waals surface area contributed by atoms with E-state index < -0.39 is 11.4 Å². The number of aliphatic carboxylic acids is 1. The van der Waals surface area contributed by atoms with Crippen LogP contribution in [0, 0.1) is 11.3 Å². The lowest BCUT2D eigenvalue weighted by Gasteiger charge is -2.23. The number of benzene rings is 2. The van der Waals surface area contributed by atoms with Crippen molar-refractivity contribution >= 4 is 22.6 Å². The number of rotatable bonds is 9. The fourth-order valence-corrected chi connectivity index (χ4v) is 6.14. The molecule has 2 heterocycles. The molecule has 4 aromatic rings. The second kappa shape index (κ2) is 11.7. The third-order valence-electron chi connectivity index (χ3n) is 8.51. The molecular weight excluding hydrogens is 524 g/mol. The van der Waals surface area contributed by atoms with Crippen molar-refractivity contribution in [1.29, 1.82) is 0 Å². The first kappa shape index (κ1) is 29.6. The Balaban J connectivity index is 1.66. The monoisotopic (exact) mass is 566 g/mol. The third-order valence-corrected chi connectivity index (χ3v) is 8.51. The Morgan fingerprint density at radius 1 is 0.952 bits per heavy atom. The van der Waals surface area contributed by atoms with Gasteiger partial charge in [0.1, 0.15) is 5.69 Å². The molecule has 2 N–H and O–H groups in total. The highest BCUT2D eigenvalue weighted by atomic mass is 16.4. The summed E-state index contributed by atoms with van der Waals surface area (Å²) in [7, 11) is 0. The smallest absolute Gasteiger partial charge is 0.303 e. The van der Waals surface area contributed by atoms with Crippen molar-refractivity contribution in [1.82, 2.24) is 10.3 Å². The quantitative estimate of drug-likeness (QED) is 0.212. The highest BCUT2D eigenvalue weighted by molar-refractivity contribution is 6.08. The van der Waals surface area contributed by atoms with E-state index in [4.69, 9.17) is 9.40 Å². The van der Waals surface area contributed by atoms with Crippen LogP contribution in [0.5, 0.6) is 0 Å². The second-order valence-corrected chi connectivity index (χ2v) is 13.6. The largest absolute Gasteiger partial charge is 0.481 e. The Bertz CT molecular complexity index is 1570. The molecule has 1 aliphatic carbocycles. The molecule has 2 aromatic heterocycles. The highest BCUT2D eigenvalue weighted by Crippen LogP contribution is 2.40.